The highest BCUT2D eigenvalue weighted by atomic mass is 16.4. The summed E-state index contributed by atoms with van der Waals surface area (Å²) in [6, 6.07) is 7.99. The molecule has 0 bridgehead atoms. The third kappa shape index (κ3) is 3.84. The average molecular weight is 289 g/mol. The van der Waals surface area contributed by atoms with Gasteiger partial charge in [-0.1, -0.05) is 38.1 Å². The number of fused-ring (bicyclic) bond motifs is 1. The molecule has 0 saturated carbocycles. The number of carbonyl (C=O) groups is 2. The van der Waals surface area contributed by atoms with Gasteiger partial charge < -0.3 is 10.4 Å². The minimum atomic E-state index is -0.837. The Bertz CT molecular complexity index is 525. The number of aliphatic carboxylic acids is 1. The van der Waals surface area contributed by atoms with Crippen LogP contribution in [0.2, 0.25) is 0 Å². The van der Waals surface area contributed by atoms with Gasteiger partial charge in [-0.3, -0.25) is 9.59 Å². The van der Waals surface area contributed by atoms with Crippen LogP contribution < -0.4 is 5.32 Å². The van der Waals surface area contributed by atoms with Crippen LogP contribution in [0.4, 0.5) is 0 Å². The monoisotopic (exact) mass is 289 g/mol. The molecule has 0 aliphatic heterocycles. The molecule has 4 heteroatoms. The molecule has 2 rings (SSSR count). The summed E-state index contributed by atoms with van der Waals surface area (Å²) >= 11 is 0. The molecule has 1 aliphatic carbocycles. The zero-order valence-corrected chi connectivity index (χ0v) is 12.6. The highest BCUT2D eigenvalue weighted by molar-refractivity contribution is 5.85. The predicted molar refractivity (Wildman–Crippen MR) is 81.1 cm³/mol. The third-order valence-corrected chi connectivity index (χ3v) is 4.08. The number of hydrogen-bond donors (Lipinski definition) is 2. The van der Waals surface area contributed by atoms with Crippen LogP contribution in [0.5, 0.6) is 0 Å². The van der Waals surface area contributed by atoms with E-state index in [-0.39, 0.29) is 18.4 Å². The Morgan fingerprint density at radius 1 is 1.33 bits per heavy atom. The van der Waals surface area contributed by atoms with Gasteiger partial charge in [0.15, 0.2) is 0 Å². The van der Waals surface area contributed by atoms with Crippen LogP contribution in [0.3, 0.4) is 0 Å². The Labute approximate surface area is 125 Å². The Hall–Kier alpha value is -1.84. The van der Waals surface area contributed by atoms with Gasteiger partial charge in [-0.05, 0) is 36.3 Å². The topological polar surface area (TPSA) is 66.4 Å². The quantitative estimate of drug-likeness (QED) is 0.846. The molecule has 21 heavy (non-hydrogen) atoms. The van der Waals surface area contributed by atoms with E-state index in [2.05, 4.69) is 11.4 Å². The Morgan fingerprint density at radius 3 is 2.71 bits per heavy atom. The van der Waals surface area contributed by atoms with Gasteiger partial charge in [-0.15, -0.1) is 0 Å². The van der Waals surface area contributed by atoms with E-state index >= 15 is 0 Å². The van der Waals surface area contributed by atoms with Crippen LogP contribution in [0.25, 0.3) is 0 Å². The van der Waals surface area contributed by atoms with E-state index in [1.165, 1.54) is 5.56 Å². The second-order valence-electron chi connectivity index (χ2n) is 6.20. The fourth-order valence-corrected chi connectivity index (χ4v) is 3.02. The smallest absolute Gasteiger partial charge is 0.308 e. The molecule has 4 nitrogen and oxygen atoms in total. The SMILES string of the molecule is CC(C)C[C@H](CNC(=O)[C@@H]1CCc2ccccc21)C(=O)O. The van der Waals surface area contributed by atoms with Gasteiger partial charge >= 0.3 is 5.97 Å². The van der Waals surface area contributed by atoms with E-state index in [4.69, 9.17) is 0 Å². The van der Waals surface area contributed by atoms with E-state index in [1.807, 2.05) is 32.0 Å². The molecule has 1 aliphatic rings. The van der Waals surface area contributed by atoms with Gasteiger partial charge in [-0.25, -0.2) is 0 Å². The van der Waals surface area contributed by atoms with Gasteiger partial charge in [0.25, 0.3) is 0 Å². The normalized spacial score (nSPS) is 18.3. The van der Waals surface area contributed by atoms with Gasteiger partial charge in [0.2, 0.25) is 5.91 Å². The highest BCUT2D eigenvalue weighted by Gasteiger charge is 2.29. The Balaban J connectivity index is 1.95. The molecule has 1 aromatic carbocycles. The first kappa shape index (κ1) is 15.5. The summed E-state index contributed by atoms with van der Waals surface area (Å²) in [5.74, 6) is -1.22. The van der Waals surface area contributed by atoms with Gasteiger partial charge in [0.05, 0.1) is 11.8 Å². The lowest BCUT2D eigenvalue weighted by Gasteiger charge is -2.17. The number of carboxylic acids is 1. The molecule has 2 atom stereocenters. The second kappa shape index (κ2) is 6.74. The van der Waals surface area contributed by atoms with Gasteiger partial charge in [0.1, 0.15) is 0 Å². The summed E-state index contributed by atoms with van der Waals surface area (Å²) in [5, 5.41) is 12.0. The minimum absolute atomic E-state index is 0.0463. The lowest BCUT2D eigenvalue weighted by atomic mass is 9.96. The first-order valence-corrected chi connectivity index (χ1v) is 7.57. The van der Waals surface area contributed by atoms with Crippen molar-refractivity contribution >= 4 is 11.9 Å². The van der Waals surface area contributed by atoms with Crippen molar-refractivity contribution in [1.82, 2.24) is 5.32 Å². The van der Waals surface area contributed by atoms with Crippen LogP contribution in [-0.4, -0.2) is 23.5 Å². The molecule has 1 aromatic rings. The van der Waals surface area contributed by atoms with Gasteiger partial charge in [-0.2, -0.15) is 0 Å². The fourth-order valence-electron chi connectivity index (χ4n) is 3.02. The number of rotatable bonds is 6. The molecular formula is C17H23NO3. The van der Waals surface area contributed by atoms with Crippen LogP contribution >= 0.6 is 0 Å². The summed E-state index contributed by atoms with van der Waals surface area (Å²) in [6.45, 7) is 4.20. The lowest BCUT2D eigenvalue weighted by Crippen LogP contribution is -2.36. The molecular weight excluding hydrogens is 266 g/mol. The molecule has 0 fully saturated rings. The highest BCUT2D eigenvalue weighted by Crippen LogP contribution is 2.32. The van der Waals surface area contributed by atoms with Crippen molar-refractivity contribution in [3.05, 3.63) is 35.4 Å². The van der Waals surface area contributed by atoms with Crippen LogP contribution in [0.15, 0.2) is 24.3 Å². The van der Waals surface area contributed by atoms with Crippen molar-refractivity contribution < 1.29 is 14.7 Å². The van der Waals surface area contributed by atoms with E-state index < -0.39 is 11.9 Å². The average Bonchev–Trinajstić information content (AvgIpc) is 2.86. The Morgan fingerprint density at radius 2 is 2.05 bits per heavy atom. The molecule has 0 radical (unpaired) electrons. The van der Waals surface area contributed by atoms with E-state index in [0.717, 1.165) is 18.4 Å². The van der Waals surface area contributed by atoms with Crippen molar-refractivity contribution in [2.75, 3.05) is 6.54 Å². The van der Waals surface area contributed by atoms with E-state index in [1.54, 1.807) is 0 Å². The maximum Gasteiger partial charge on any atom is 0.308 e. The largest absolute Gasteiger partial charge is 0.481 e. The molecule has 0 unspecified atom stereocenters. The van der Waals surface area contributed by atoms with Crippen molar-refractivity contribution in [1.29, 1.82) is 0 Å². The van der Waals surface area contributed by atoms with Crippen molar-refractivity contribution in [2.45, 2.75) is 39.0 Å². The Kier molecular flexibility index (Phi) is 4.99. The predicted octanol–water partition coefficient (Wildman–Crippen LogP) is 2.58. The number of hydrogen-bond acceptors (Lipinski definition) is 2. The minimum Gasteiger partial charge on any atom is -0.481 e. The summed E-state index contributed by atoms with van der Waals surface area (Å²) in [4.78, 5) is 23.5. The van der Waals surface area contributed by atoms with E-state index in [9.17, 15) is 14.7 Å². The summed E-state index contributed by atoms with van der Waals surface area (Å²) in [7, 11) is 0. The number of carboxylic acid groups (broad SMARTS) is 1. The fraction of sp³-hybridized carbons (Fsp3) is 0.529. The van der Waals surface area contributed by atoms with Crippen LogP contribution in [0.1, 0.15) is 43.7 Å². The zero-order valence-electron chi connectivity index (χ0n) is 12.6. The summed E-state index contributed by atoms with van der Waals surface area (Å²) in [6.07, 6.45) is 2.31. The van der Waals surface area contributed by atoms with Crippen molar-refractivity contribution in [3.8, 4) is 0 Å². The molecule has 0 spiro atoms. The molecule has 0 aromatic heterocycles. The molecule has 0 heterocycles. The van der Waals surface area contributed by atoms with Crippen LogP contribution in [-0.2, 0) is 16.0 Å². The standard InChI is InChI=1S/C17H23NO3/c1-11(2)9-13(17(20)21)10-18-16(19)15-8-7-12-5-3-4-6-14(12)15/h3-6,11,13,15H,7-10H2,1-2H3,(H,18,19)(H,20,21)/t13-,15-/m1/s1. The lowest BCUT2D eigenvalue weighted by molar-refractivity contribution is -0.142. The molecule has 114 valence electrons. The van der Waals surface area contributed by atoms with Crippen LogP contribution in [0, 0.1) is 11.8 Å². The molecule has 2 N–H and O–H groups in total. The summed E-state index contributed by atoms with van der Waals surface area (Å²) in [5.41, 5.74) is 2.32. The number of aryl methyl sites for hydroxylation is 1. The number of nitrogens with one attached hydrogen (secondary N) is 1. The maximum atomic E-state index is 12.3. The number of benzene rings is 1. The second-order valence-corrected chi connectivity index (χ2v) is 6.20. The number of amides is 1. The summed E-state index contributed by atoms with van der Waals surface area (Å²) < 4.78 is 0. The first-order valence-electron chi connectivity index (χ1n) is 7.57. The van der Waals surface area contributed by atoms with Crippen molar-refractivity contribution in [2.24, 2.45) is 11.8 Å². The third-order valence-electron chi connectivity index (χ3n) is 4.08. The van der Waals surface area contributed by atoms with E-state index in [0.29, 0.717) is 12.3 Å². The maximum absolute atomic E-state index is 12.3. The first-order chi connectivity index (χ1) is 9.99. The molecule has 0 saturated heterocycles. The zero-order chi connectivity index (χ0) is 15.4. The van der Waals surface area contributed by atoms with Crippen molar-refractivity contribution in [3.63, 3.8) is 0 Å². The molecule has 1 amide bonds. The number of carbonyl (C=O) groups excluding carboxylic acids is 1. The van der Waals surface area contributed by atoms with Gasteiger partial charge in [0, 0.05) is 6.54 Å².